The van der Waals surface area contributed by atoms with E-state index in [1.807, 2.05) is 31.2 Å². The molecular weight excluding hydrogens is 323 g/mol. The van der Waals surface area contributed by atoms with E-state index in [-0.39, 0.29) is 25.1 Å². The standard InChI is InChI=1S/C16H18F3N3O2/c1-11-3-2-4-12(7-11)8-20-14(24)10-22-9-13(5-6-23)15(21-22)16(17,18)19/h2-4,7,9,23H,5-6,8,10H2,1H3,(H,20,24). The van der Waals surface area contributed by atoms with E-state index < -0.39 is 24.4 Å². The number of benzene rings is 1. The fourth-order valence-electron chi connectivity index (χ4n) is 2.31. The molecule has 130 valence electrons. The Balaban J connectivity index is 2.01. The first kappa shape index (κ1) is 18.0. The number of aliphatic hydroxyl groups excluding tert-OH is 1. The van der Waals surface area contributed by atoms with E-state index in [9.17, 15) is 18.0 Å². The molecule has 0 atom stereocenters. The van der Waals surface area contributed by atoms with E-state index in [1.54, 1.807) is 0 Å². The highest BCUT2D eigenvalue weighted by Crippen LogP contribution is 2.30. The summed E-state index contributed by atoms with van der Waals surface area (Å²) in [4.78, 5) is 11.9. The third-order valence-corrected chi connectivity index (χ3v) is 3.36. The average Bonchev–Trinajstić information content (AvgIpc) is 2.88. The second kappa shape index (κ2) is 7.48. The number of aromatic nitrogens is 2. The Morgan fingerprint density at radius 2 is 2.12 bits per heavy atom. The van der Waals surface area contributed by atoms with E-state index in [0.717, 1.165) is 22.0 Å². The quantitative estimate of drug-likeness (QED) is 0.845. The fourth-order valence-corrected chi connectivity index (χ4v) is 2.31. The summed E-state index contributed by atoms with van der Waals surface area (Å²) in [5.41, 5.74) is 0.762. The van der Waals surface area contributed by atoms with E-state index in [2.05, 4.69) is 10.4 Å². The van der Waals surface area contributed by atoms with Crippen molar-refractivity contribution in [1.29, 1.82) is 0 Å². The number of carbonyl (C=O) groups is 1. The molecule has 1 amide bonds. The molecule has 1 aromatic carbocycles. The molecule has 0 aliphatic rings. The Morgan fingerprint density at radius 3 is 2.75 bits per heavy atom. The van der Waals surface area contributed by atoms with Gasteiger partial charge in [-0.1, -0.05) is 29.8 Å². The molecule has 5 nitrogen and oxygen atoms in total. The summed E-state index contributed by atoms with van der Waals surface area (Å²) in [6, 6.07) is 7.55. The van der Waals surface area contributed by atoms with Crippen LogP contribution in [-0.4, -0.2) is 27.4 Å². The number of carbonyl (C=O) groups excluding carboxylic acids is 1. The van der Waals surface area contributed by atoms with Crippen LogP contribution in [0.1, 0.15) is 22.4 Å². The normalized spacial score (nSPS) is 11.5. The Kier molecular flexibility index (Phi) is 5.61. The first-order valence-corrected chi connectivity index (χ1v) is 7.36. The summed E-state index contributed by atoms with van der Waals surface area (Å²) >= 11 is 0. The Hall–Kier alpha value is -2.35. The van der Waals surface area contributed by atoms with Crippen molar-refractivity contribution in [3.8, 4) is 0 Å². The molecule has 2 aromatic rings. The van der Waals surface area contributed by atoms with Crippen molar-refractivity contribution >= 4 is 5.91 Å². The second-order valence-corrected chi connectivity index (χ2v) is 5.44. The van der Waals surface area contributed by atoms with Gasteiger partial charge in [0.2, 0.25) is 5.91 Å². The van der Waals surface area contributed by atoms with Crippen molar-refractivity contribution in [2.75, 3.05) is 6.61 Å². The van der Waals surface area contributed by atoms with Crippen LogP contribution >= 0.6 is 0 Å². The Morgan fingerprint density at radius 1 is 1.38 bits per heavy atom. The predicted octanol–water partition coefficient (Wildman–Crippen LogP) is 2.06. The van der Waals surface area contributed by atoms with Gasteiger partial charge in [0.05, 0.1) is 0 Å². The van der Waals surface area contributed by atoms with Crippen LogP contribution in [0.2, 0.25) is 0 Å². The maximum Gasteiger partial charge on any atom is 0.435 e. The van der Waals surface area contributed by atoms with Gasteiger partial charge in [0.15, 0.2) is 5.69 Å². The van der Waals surface area contributed by atoms with E-state index in [4.69, 9.17) is 5.11 Å². The molecule has 0 aliphatic heterocycles. The van der Waals surface area contributed by atoms with Gasteiger partial charge < -0.3 is 10.4 Å². The summed E-state index contributed by atoms with van der Waals surface area (Å²) in [6.07, 6.45) is -3.64. The molecule has 8 heteroatoms. The number of alkyl halides is 3. The van der Waals surface area contributed by atoms with Crippen molar-refractivity contribution in [2.45, 2.75) is 32.6 Å². The Bertz CT molecular complexity index is 711. The van der Waals surface area contributed by atoms with Gasteiger partial charge in [0.1, 0.15) is 6.54 Å². The van der Waals surface area contributed by atoms with Gasteiger partial charge in [-0.25, -0.2) is 0 Å². The molecule has 0 aliphatic carbocycles. The topological polar surface area (TPSA) is 67.2 Å². The number of aryl methyl sites for hydroxylation is 1. The van der Waals surface area contributed by atoms with Crippen molar-refractivity contribution in [3.05, 3.63) is 52.8 Å². The van der Waals surface area contributed by atoms with Crippen molar-refractivity contribution < 1.29 is 23.1 Å². The molecule has 0 unspecified atom stereocenters. The number of hydrogen-bond acceptors (Lipinski definition) is 3. The SMILES string of the molecule is Cc1cccc(CNC(=O)Cn2cc(CCO)c(C(F)(F)F)n2)c1. The summed E-state index contributed by atoms with van der Waals surface area (Å²) < 4.78 is 39.6. The van der Waals surface area contributed by atoms with Crippen molar-refractivity contribution in [1.82, 2.24) is 15.1 Å². The number of halogens is 3. The smallest absolute Gasteiger partial charge is 0.396 e. The second-order valence-electron chi connectivity index (χ2n) is 5.44. The van der Waals surface area contributed by atoms with Crippen LogP contribution < -0.4 is 5.32 Å². The van der Waals surface area contributed by atoms with Gasteiger partial charge in [-0.2, -0.15) is 18.3 Å². The third-order valence-electron chi connectivity index (χ3n) is 3.36. The predicted molar refractivity (Wildman–Crippen MR) is 81.0 cm³/mol. The first-order valence-electron chi connectivity index (χ1n) is 7.36. The minimum Gasteiger partial charge on any atom is -0.396 e. The molecule has 0 saturated heterocycles. The maximum atomic E-state index is 12.9. The number of rotatable bonds is 6. The molecule has 0 spiro atoms. The van der Waals surface area contributed by atoms with Gasteiger partial charge in [-0.3, -0.25) is 9.48 Å². The van der Waals surface area contributed by atoms with E-state index in [1.165, 1.54) is 0 Å². The molecule has 0 radical (unpaired) electrons. The van der Waals surface area contributed by atoms with Crippen LogP contribution in [0.15, 0.2) is 30.5 Å². The van der Waals surface area contributed by atoms with Crippen LogP contribution in [0.3, 0.4) is 0 Å². The zero-order valence-electron chi connectivity index (χ0n) is 13.1. The van der Waals surface area contributed by atoms with Gasteiger partial charge in [0.25, 0.3) is 0 Å². The number of nitrogens with zero attached hydrogens (tertiary/aromatic N) is 2. The van der Waals surface area contributed by atoms with Gasteiger partial charge in [-0.15, -0.1) is 0 Å². The number of aliphatic hydroxyl groups is 1. The van der Waals surface area contributed by atoms with Crippen molar-refractivity contribution in [3.63, 3.8) is 0 Å². The molecule has 1 aromatic heterocycles. The zero-order valence-corrected chi connectivity index (χ0v) is 13.1. The Labute approximate surface area is 137 Å². The molecular formula is C16H18F3N3O2. The number of nitrogens with one attached hydrogen (secondary N) is 1. The largest absolute Gasteiger partial charge is 0.435 e. The average molecular weight is 341 g/mol. The molecule has 2 N–H and O–H groups in total. The molecule has 1 heterocycles. The lowest BCUT2D eigenvalue weighted by Crippen LogP contribution is -2.27. The number of amides is 1. The maximum absolute atomic E-state index is 12.9. The van der Waals surface area contributed by atoms with Gasteiger partial charge in [-0.05, 0) is 18.9 Å². The number of hydrogen-bond donors (Lipinski definition) is 2. The summed E-state index contributed by atoms with van der Waals surface area (Å²) in [6.45, 7) is 1.47. The molecule has 2 rings (SSSR count). The molecule has 0 fully saturated rings. The summed E-state index contributed by atoms with van der Waals surface area (Å²) in [5.74, 6) is -0.441. The van der Waals surface area contributed by atoms with Crippen LogP contribution in [0.5, 0.6) is 0 Å². The highest BCUT2D eigenvalue weighted by Gasteiger charge is 2.37. The minimum absolute atomic E-state index is 0.128. The first-order chi connectivity index (χ1) is 11.3. The lowest BCUT2D eigenvalue weighted by Gasteiger charge is -2.06. The fraction of sp³-hybridized carbons (Fsp3) is 0.375. The molecule has 0 bridgehead atoms. The van der Waals surface area contributed by atoms with Crippen LogP contribution in [-0.2, 0) is 30.5 Å². The van der Waals surface area contributed by atoms with E-state index >= 15 is 0 Å². The van der Waals surface area contributed by atoms with Gasteiger partial charge in [0, 0.05) is 24.9 Å². The van der Waals surface area contributed by atoms with Gasteiger partial charge >= 0.3 is 6.18 Å². The van der Waals surface area contributed by atoms with E-state index in [0.29, 0.717) is 0 Å². The summed E-state index contributed by atoms with van der Waals surface area (Å²) in [5, 5.41) is 14.9. The van der Waals surface area contributed by atoms with Crippen LogP contribution in [0.4, 0.5) is 13.2 Å². The summed E-state index contributed by atoms with van der Waals surface area (Å²) in [7, 11) is 0. The monoisotopic (exact) mass is 341 g/mol. The van der Waals surface area contributed by atoms with Crippen LogP contribution in [0.25, 0.3) is 0 Å². The third kappa shape index (κ3) is 4.82. The molecule has 0 saturated carbocycles. The zero-order chi connectivity index (χ0) is 17.7. The highest BCUT2D eigenvalue weighted by atomic mass is 19.4. The lowest BCUT2D eigenvalue weighted by atomic mass is 10.1. The lowest BCUT2D eigenvalue weighted by molar-refractivity contribution is -0.142. The minimum atomic E-state index is -4.62. The van der Waals surface area contributed by atoms with Crippen LogP contribution in [0, 0.1) is 6.92 Å². The molecule has 24 heavy (non-hydrogen) atoms. The highest BCUT2D eigenvalue weighted by molar-refractivity contribution is 5.75. The van der Waals surface area contributed by atoms with Crippen molar-refractivity contribution in [2.24, 2.45) is 0 Å².